The molecule has 1 atom stereocenters. The van der Waals surface area contributed by atoms with Crippen LogP contribution in [-0.2, 0) is 6.54 Å². The van der Waals surface area contributed by atoms with Crippen molar-refractivity contribution < 1.29 is 0 Å². The van der Waals surface area contributed by atoms with Gasteiger partial charge in [0.1, 0.15) is 0 Å². The molecule has 0 saturated carbocycles. The topological polar surface area (TPSA) is 31.4 Å². The molecule has 0 aliphatic carbocycles. The summed E-state index contributed by atoms with van der Waals surface area (Å²) >= 11 is 0. The van der Waals surface area contributed by atoms with Gasteiger partial charge in [-0.3, -0.25) is 4.98 Å². The lowest BCUT2D eigenvalue weighted by Crippen LogP contribution is -2.32. The lowest BCUT2D eigenvalue weighted by molar-refractivity contribution is 0.315. The van der Waals surface area contributed by atoms with Gasteiger partial charge in [0, 0.05) is 31.9 Å². The first-order valence-electron chi connectivity index (χ1n) is 7.63. The van der Waals surface area contributed by atoms with Gasteiger partial charge in [-0.15, -0.1) is 0 Å². The molecule has 1 N–H and O–H groups in total. The number of hydrogen-bond donors (Lipinski definition) is 1. The fourth-order valence-electron chi connectivity index (χ4n) is 2.73. The highest BCUT2D eigenvalue weighted by atomic mass is 15.2. The highest BCUT2D eigenvalue weighted by Gasteiger charge is 2.25. The number of nitrogens with one attached hydrogen (secondary N) is 1. The maximum atomic E-state index is 4.32. The Hall–Kier alpha value is -1.13. The number of aromatic nitrogens is 1. The minimum atomic E-state index is 0.659. The molecule has 112 valence electrons. The molecule has 1 saturated heterocycles. The second-order valence-corrected chi connectivity index (χ2v) is 6.38. The summed E-state index contributed by atoms with van der Waals surface area (Å²) in [5, 5.41) is 3.53. The summed E-state index contributed by atoms with van der Waals surface area (Å²) in [5.74, 6) is 0.685. The van der Waals surface area contributed by atoms with Crippen LogP contribution in [0.3, 0.4) is 0 Å². The van der Waals surface area contributed by atoms with Crippen LogP contribution in [0, 0.1) is 5.92 Å². The smallest absolute Gasteiger partial charge is 0.0598 e. The van der Waals surface area contributed by atoms with Gasteiger partial charge in [0.05, 0.1) is 11.9 Å². The SMILES string of the molecule is CC(C)CNCc1ccncc1N1CCC(N(C)C)C1. The quantitative estimate of drug-likeness (QED) is 0.861. The van der Waals surface area contributed by atoms with Gasteiger partial charge in [-0.2, -0.15) is 0 Å². The normalized spacial score (nSPS) is 19.3. The van der Waals surface area contributed by atoms with E-state index in [4.69, 9.17) is 0 Å². The zero-order valence-corrected chi connectivity index (χ0v) is 13.3. The van der Waals surface area contributed by atoms with Gasteiger partial charge in [0.15, 0.2) is 0 Å². The van der Waals surface area contributed by atoms with Crippen LogP contribution < -0.4 is 10.2 Å². The molecule has 1 aliphatic heterocycles. The molecule has 0 amide bonds. The highest BCUT2D eigenvalue weighted by Crippen LogP contribution is 2.25. The third-order valence-electron chi connectivity index (χ3n) is 3.99. The zero-order chi connectivity index (χ0) is 14.5. The van der Waals surface area contributed by atoms with Crippen molar-refractivity contribution in [3.05, 3.63) is 24.0 Å². The number of hydrogen-bond acceptors (Lipinski definition) is 4. The average Bonchev–Trinajstić information content (AvgIpc) is 2.88. The van der Waals surface area contributed by atoms with E-state index in [9.17, 15) is 0 Å². The van der Waals surface area contributed by atoms with Crippen molar-refractivity contribution in [2.24, 2.45) is 5.92 Å². The van der Waals surface area contributed by atoms with E-state index in [-0.39, 0.29) is 0 Å². The van der Waals surface area contributed by atoms with Crippen molar-refractivity contribution in [1.82, 2.24) is 15.2 Å². The first kappa shape index (κ1) is 15.3. The molecule has 4 heteroatoms. The summed E-state index contributed by atoms with van der Waals surface area (Å²) in [6.07, 6.45) is 5.15. The number of nitrogens with zero attached hydrogens (tertiary/aromatic N) is 3. The predicted octanol–water partition coefficient (Wildman–Crippen LogP) is 1.97. The Morgan fingerprint density at radius 1 is 1.45 bits per heavy atom. The predicted molar refractivity (Wildman–Crippen MR) is 85.1 cm³/mol. The average molecular weight is 276 g/mol. The maximum absolute atomic E-state index is 4.32. The van der Waals surface area contributed by atoms with E-state index in [1.807, 2.05) is 12.4 Å². The monoisotopic (exact) mass is 276 g/mol. The number of rotatable bonds is 6. The molecule has 4 nitrogen and oxygen atoms in total. The van der Waals surface area contributed by atoms with Crippen LogP contribution in [0.5, 0.6) is 0 Å². The van der Waals surface area contributed by atoms with Crippen LogP contribution in [0.1, 0.15) is 25.8 Å². The Balaban J connectivity index is 2.01. The molecule has 1 aromatic rings. The van der Waals surface area contributed by atoms with E-state index in [1.165, 1.54) is 17.7 Å². The van der Waals surface area contributed by atoms with Crippen LogP contribution in [0.15, 0.2) is 18.5 Å². The highest BCUT2D eigenvalue weighted by molar-refractivity contribution is 5.52. The lowest BCUT2D eigenvalue weighted by atomic mass is 10.2. The fraction of sp³-hybridized carbons (Fsp3) is 0.688. The molecule has 20 heavy (non-hydrogen) atoms. The first-order chi connectivity index (χ1) is 9.58. The van der Waals surface area contributed by atoms with Gasteiger partial charge in [0.25, 0.3) is 0 Å². The van der Waals surface area contributed by atoms with Crippen LogP contribution in [0.4, 0.5) is 5.69 Å². The van der Waals surface area contributed by atoms with Crippen molar-refractivity contribution in [3.63, 3.8) is 0 Å². The molecule has 1 aromatic heterocycles. The number of pyridine rings is 1. The number of anilines is 1. The Morgan fingerprint density at radius 2 is 2.25 bits per heavy atom. The Bertz CT molecular complexity index is 417. The van der Waals surface area contributed by atoms with E-state index < -0.39 is 0 Å². The third kappa shape index (κ3) is 3.93. The Kier molecular flexibility index (Phi) is 5.38. The molecule has 0 bridgehead atoms. The van der Waals surface area contributed by atoms with Gasteiger partial charge in [0.2, 0.25) is 0 Å². The van der Waals surface area contributed by atoms with E-state index >= 15 is 0 Å². The molecule has 0 aromatic carbocycles. The van der Waals surface area contributed by atoms with E-state index in [0.717, 1.165) is 26.2 Å². The molecule has 2 rings (SSSR count). The van der Waals surface area contributed by atoms with Crippen LogP contribution in [0.25, 0.3) is 0 Å². The van der Waals surface area contributed by atoms with Crippen molar-refractivity contribution in [1.29, 1.82) is 0 Å². The summed E-state index contributed by atoms with van der Waals surface area (Å²) < 4.78 is 0. The van der Waals surface area contributed by atoms with Crippen LogP contribution >= 0.6 is 0 Å². The summed E-state index contributed by atoms with van der Waals surface area (Å²) in [7, 11) is 4.34. The van der Waals surface area contributed by atoms with Crippen molar-refractivity contribution in [2.75, 3.05) is 38.6 Å². The summed E-state index contributed by atoms with van der Waals surface area (Å²) in [4.78, 5) is 9.12. The Labute approximate surface area is 123 Å². The van der Waals surface area contributed by atoms with E-state index in [0.29, 0.717) is 12.0 Å². The molecule has 2 heterocycles. The second kappa shape index (κ2) is 7.04. The van der Waals surface area contributed by atoms with Crippen LogP contribution in [-0.4, -0.2) is 49.7 Å². The van der Waals surface area contributed by atoms with Gasteiger partial charge in [-0.25, -0.2) is 0 Å². The molecule has 0 spiro atoms. The summed E-state index contributed by atoms with van der Waals surface area (Å²) in [6, 6.07) is 2.80. The molecule has 0 radical (unpaired) electrons. The van der Waals surface area contributed by atoms with Gasteiger partial charge < -0.3 is 15.1 Å². The minimum Gasteiger partial charge on any atom is -0.368 e. The van der Waals surface area contributed by atoms with Crippen molar-refractivity contribution >= 4 is 5.69 Å². The molecular weight excluding hydrogens is 248 g/mol. The Morgan fingerprint density at radius 3 is 2.90 bits per heavy atom. The maximum Gasteiger partial charge on any atom is 0.0598 e. The van der Waals surface area contributed by atoms with Gasteiger partial charge in [-0.05, 0) is 44.6 Å². The molecule has 1 unspecified atom stereocenters. The second-order valence-electron chi connectivity index (χ2n) is 6.38. The number of likely N-dealkylation sites (N-methyl/N-ethyl adjacent to an activating group) is 1. The van der Waals surface area contributed by atoms with Crippen molar-refractivity contribution in [2.45, 2.75) is 32.9 Å². The van der Waals surface area contributed by atoms with Crippen LogP contribution in [0.2, 0.25) is 0 Å². The lowest BCUT2D eigenvalue weighted by Gasteiger charge is -2.24. The molecular formula is C16H28N4. The summed E-state index contributed by atoms with van der Waals surface area (Å²) in [6.45, 7) is 8.70. The molecule has 1 fully saturated rings. The minimum absolute atomic E-state index is 0.659. The van der Waals surface area contributed by atoms with E-state index in [2.05, 4.69) is 54.1 Å². The van der Waals surface area contributed by atoms with E-state index in [1.54, 1.807) is 0 Å². The first-order valence-corrected chi connectivity index (χ1v) is 7.63. The third-order valence-corrected chi connectivity index (χ3v) is 3.99. The van der Waals surface area contributed by atoms with Gasteiger partial charge in [-0.1, -0.05) is 13.8 Å². The van der Waals surface area contributed by atoms with Gasteiger partial charge >= 0.3 is 0 Å². The summed E-state index contributed by atoms with van der Waals surface area (Å²) in [5.41, 5.74) is 2.66. The van der Waals surface area contributed by atoms with Crippen molar-refractivity contribution in [3.8, 4) is 0 Å². The fourth-order valence-corrected chi connectivity index (χ4v) is 2.73. The largest absolute Gasteiger partial charge is 0.368 e. The zero-order valence-electron chi connectivity index (χ0n) is 13.3. The molecule has 1 aliphatic rings. The standard InChI is InChI=1S/C16H28N4/c1-13(2)9-18-10-14-5-7-17-11-16(14)20-8-6-15(12-20)19(3)4/h5,7,11,13,15,18H,6,8-10,12H2,1-4H3.